The fourth-order valence-corrected chi connectivity index (χ4v) is 2.98. The number of fused-ring (bicyclic) bond motifs is 1. The van der Waals surface area contributed by atoms with Gasteiger partial charge in [0.1, 0.15) is 11.9 Å². The Morgan fingerprint density at radius 1 is 1.33 bits per heavy atom. The number of pyridine rings is 1. The van der Waals surface area contributed by atoms with Crippen LogP contribution in [0.25, 0.3) is 15.8 Å². The lowest BCUT2D eigenvalue weighted by molar-refractivity contribution is 0.0930. The summed E-state index contributed by atoms with van der Waals surface area (Å²) >= 11 is 1.64. The molecule has 1 aromatic heterocycles. The van der Waals surface area contributed by atoms with Gasteiger partial charge in [-0.15, -0.1) is 0 Å². The first-order valence-electron chi connectivity index (χ1n) is 7.89. The van der Waals surface area contributed by atoms with E-state index in [2.05, 4.69) is 6.08 Å². The summed E-state index contributed by atoms with van der Waals surface area (Å²) in [5, 5.41) is 2.95. The molecule has 0 fully saturated rings. The highest BCUT2D eigenvalue weighted by Gasteiger charge is 2.13. The Hall–Kier alpha value is -1.98. The molecule has 24 heavy (non-hydrogen) atoms. The highest BCUT2D eigenvalue weighted by Crippen LogP contribution is 2.34. The monoisotopic (exact) mass is 344 g/mol. The van der Waals surface area contributed by atoms with Crippen molar-refractivity contribution in [2.45, 2.75) is 26.9 Å². The van der Waals surface area contributed by atoms with E-state index in [1.54, 1.807) is 18.9 Å². The van der Waals surface area contributed by atoms with E-state index in [4.69, 9.17) is 20.2 Å². The number of rotatable bonds is 7. The zero-order valence-corrected chi connectivity index (χ0v) is 15.4. The van der Waals surface area contributed by atoms with E-state index in [0.29, 0.717) is 12.3 Å². The number of benzene rings is 1. The van der Waals surface area contributed by atoms with Crippen molar-refractivity contribution in [2.75, 3.05) is 19.5 Å². The molecular weight excluding hydrogens is 320 g/mol. The highest BCUT2D eigenvalue weighted by atomic mass is 32.2. The first kappa shape index (κ1) is 18.4. The van der Waals surface area contributed by atoms with E-state index in [-0.39, 0.29) is 6.10 Å². The van der Waals surface area contributed by atoms with Crippen LogP contribution < -0.4 is 10.5 Å². The van der Waals surface area contributed by atoms with Crippen LogP contribution in [0.5, 0.6) is 5.75 Å². The summed E-state index contributed by atoms with van der Waals surface area (Å²) in [7, 11) is 1.67. The molecule has 2 N–H and O–H groups in total. The second kappa shape index (κ2) is 8.76. The summed E-state index contributed by atoms with van der Waals surface area (Å²) in [6, 6.07) is 7.65. The largest absolute Gasteiger partial charge is 0.488 e. The third kappa shape index (κ3) is 4.52. The van der Waals surface area contributed by atoms with Crippen LogP contribution in [-0.4, -0.2) is 24.8 Å². The molecule has 0 spiro atoms. The fourth-order valence-electron chi connectivity index (χ4n) is 2.34. The minimum absolute atomic E-state index is 0.0628. The summed E-state index contributed by atoms with van der Waals surface area (Å²) in [5.74, 6) is 0.771. The van der Waals surface area contributed by atoms with Crippen molar-refractivity contribution in [3.8, 4) is 5.75 Å². The number of ether oxygens (including phenoxy) is 2. The number of methoxy groups -OCH3 is 1. The fraction of sp³-hybridized carbons (Fsp3) is 0.316. The highest BCUT2D eigenvalue weighted by molar-refractivity contribution is 8.10. The standard InChI is InChI=1S/C19H24N2O2S/c1-5-9-24-19(6-2)17-11-18(23-13(3)12-22-4)15-10-14(20)7-8-16(15)21-17/h5-11,13H,12,20H2,1-4H3/b9-5-,19-6-/t13-/m1/s1. The molecule has 2 rings (SSSR count). The second-order valence-corrected chi connectivity index (χ2v) is 6.35. The summed E-state index contributed by atoms with van der Waals surface area (Å²) in [6.45, 7) is 6.50. The van der Waals surface area contributed by atoms with E-state index in [1.165, 1.54) is 0 Å². The number of anilines is 1. The van der Waals surface area contributed by atoms with Crippen molar-refractivity contribution >= 4 is 33.3 Å². The van der Waals surface area contributed by atoms with Gasteiger partial charge in [0.05, 0.1) is 17.8 Å². The maximum absolute atomic E-state index is 6.09. The summed E-state index contributed by atoms with van der Waals surface area (Å²) in [5.41, 5.74) is 8.38. The number of hydrogen-bond donors (Lipinski definition) is 1. The number of allylic oxidation sites excluding steroid dienone is 2. The number of aromatic nitrogens is 1. The molecule has 5 heteroatoms. The van der Waals surface area contributed by atoms with Gasteiger partial charge in [-0.05, 0) is 44.4 Å². The van der Waals surface area contributed by atoms with Crippen molar-refractivity contribution < 1.29 is 9.47 Å². The molecule has 0 aliphatic carbocycles. The van der Waals surface area contributed by atoms with Gasteiger partial charge in [0, 0.05) is 29.2 Å². The molecule has 2 aromatic rings. The molecule has 0 aliphatic heterocycles. The van der Waals surface area contributed by atoms with E-state index in [9.17, 15) is 0 Å². The van der Waals surface area contributed by atoms with Crippen LogP contribution in [0.3, 0.4) is 0 Å². The average Bonchev–Trinajstić information content (AvgIpc) is 2.56. The van der Waals surface area contributed by atoms with Gasteiger partial charge in [0.2, 0.25) is 0 Å². The van der Waals surface area contributed by atoms with Crippen molar-refractivity contribution in [2.24, 2.45) is 0 Å². The van der Waals surface area contributed by atoms with Crippen molar-refractivity contribution in [1.82, 2.24) is 4.98 Å². The van der Waals surface area contributed by atoms with Crippen molar-refractivity contribution in [3.63, 3.8) is 0 Å². The first-order valence-corrected chi connectivity index (χ1v) is 8.77. The van der Waals surface area contributed by atoms with Crippen LogP contribution in [-0.2, 0) is 4.74 Å². The second-order valence-electron chi connectivity index (χ2n) is 5.41. The van der Waals surface area contributed by atoms with Gasteiger partial charge >= 0.3 is 0 Å². The lowest BCUT2D eigenvalue weighted by Crippen LogP contribution is -2.18. The van der Waals surface area contributed by atoms with Crippen LogP contribution in [0.1, 0.15) is 26.5 Å². The predicted molar refractivity (Wildman–Crippen MR) is 104 cm³/mol. The van der Waals surface area contributed by atoms with E-state index < -0.39 is 0 Å². The maximum Gasteiger partial charge on any atom is 0.131 e. The van der Waals surface area contributed by atoms with Gasteiger partial charge in [0.25, 0.3) is 0 Å². The lowest BCUT2D eigenvalue weighted by atomic mass is 10.1. The normalized spacial score (nSPS) is 13.6. The molecular formula is C19H24N2O2S. The number of nitrogens with zero attached hydrogens (tertiary/aromatic N) is 1. The van der Waals surface area contributed by atoms with E-state index >= 15 is 0 Å². The third-order valence-electron chi connectivity index (χ3n) is 3.37. The molecule has 128 valence electrons. The predicted octanol–water partition coefficient (Wildman–Crippen LogP) is 4.86. The van der Waals surface area contributed by atoms with Crippen molar-refractivity contribution in [3.05, 3.63) is 47.5 Å². The average molecular weight is 344 g/mol. The van der Waals surface area contributed by atoms with Crippen LogP contribution in [0, 0.1) is 0 Å². The van der Waals surface area contributed by atoms with Gasteiger partial charge in [-0.2, -0.15) is 0 Å². The molecule has 0 amide bonds. The summed E-state index contributed by atoms with van der Waals surface area (Å²) < 4.78 is 11.3. The number of hydrogen-bond acceptors (Lipinski definition) is 5. The smallest absolute Gasteiger partial charge is 0.131 e. The SMILES string of the molecule is C/C=C\S/C(=C\C)c1cc(O[C@H](C)COC)c2cc(N)ccc2n1. The Bertz CT molecular complexity index is 756. The summed E-state index contributed by atoms with van der Waals surface area (Å²) in [4.78, 5) is 5.84. The number of thioether (sulfide) groups is 1. The van der Waals surface area contributed by atoms with Gasteiger partial charge in [-0.25, -0.2) is 4.98 Å². The van der Waals surface area contributed by atoms with E-state index in [1.807, 2.05) is 56.5 Å². The third-order valence-corrected chi connectivity index (χ3v) is 4.48. The molecule has 0 radical (unpaired) electrons. The molecule has 0 saturated carbocycles. The Morgan fingerprint density at radius 2 is 2.12 bits per heavy atom. The first-order chi connectivity index (χ1) is 11.6. The molecule has 0 saturated heterocycles. The van der Waals surface area contributed by atoms with Crippen LogP contribution in [0.4, 0.5) is 5.69 Å². The minimum Gasteiger partial charge on any atom is -0.488 e. The molecule has 0 unspecified atom stereocenters. The Kier molecular flexibility index (Phi) is 6.70. The number of nitrogens with two attached hydrogens (primary N) is 1. The van der Waals surface area contributed by atoms with Gasteiger partial charge < -0.3 is 15.2 Å². The van der Waals surface area contributed by atoms with Crippen LogP contribution in [0.2, 0.25) is 0 Å². The zero-order valence-electron chi connectivity index (χ0n) is 14.6. The quantitative estimate of drug-likeness (QED) is 0.727. The Labute approximate surface area is 147 Å². The van der Waals surface area contributed by atoms with Gasteiger partial charge in [-0.3, -0.25) is 0 Å². The van der Waals surface area contributed by atoms with Crippen LogP contribution >= 0.6 is 11.8 Å². The maximum atomic E-state index is 6.09. The molecule has 4 nitrogen and oxygen atoms in total. The Morgan fingerprint density at radius 3 is 2.79 bits per heavy atom. The van der Waals surface area contributed by atoms with Crippen molar-refractivity contribution in [1.29, 1.82) is 0 Å². The topological polar surface area (TPSA) is 57.4 Å². The van der Waals surface area contributed by atoms with Gasteiger partial charge in [-0.1, -0.05) is 23.9 Å². The van der Waals surface area contributed by atoms with Crippen LogP contribution in [0.15, 0.2) is 41.8 Å². The molecule has 1 aromatic carbocycles. The molecule has 0 bridgehead atoms. The lowest BCUT2D eigenvalue weighted by Gasteiger charge is -2.17. The Balaban J connectivity index is 2.52. The minimum atomic E-state index is -0.0628. The number of nitrogen functional groups attached to an aromatic ring is 1. The van der Waals surface area contributed by atoms with Gasteiger partial charge in [0.15, 0.2) is 0 Å². The molecule has 1 heterocycles. The zero-order chi connectivity index (χ0) is 17.5. The summed E-state index contributed by atoms with van der Waals surface area (Å²) in [6.07, 6.45) is 4.00. The molecule has 0 aliphatic rings. The molecule has 1 atom stereocenters. The van der Waals surface area contributed by atoms with E-state index in [0.717, 1.165) is 27.3 Å².